The van der Waals surface area contributed by atoms with Crippen molar-refractivity contribution in [3.8, 4) is 0 Å². The quantitative estimate of drug-likeness (QED) is 0.323. The van der Waals surface area contributed by atoms with Crippen LogP contribution in [0.25, 0.3) is 10.8 Å². The van der Waals surface area contributed by atoms with Gasteiger partial charge >= 0.3 is 5.97 Å². The molecule has 1 aliphatic rings. The van der Waals surface area contributed by atoms with E-state index in [1.54, 1.807) is 18.7 Å². The van der Waals surface area contributed by atoms with E-state index in [4.69, 9.17) is 4.74 Å². The van der Waals surface area contributed by atoms with Gasteiger partial charge in [0.05, 0.1) is 23.5 Å². The molecule has 3 aromatic carbocycles. The zero-order valence-corrected chi connectivity index (χ0v) is 22.4. The molecule has 0 fully saturated rings. The Kier molecular flexibility index (Phi) is 7.39. The van der Waals surface area contributed by atoms with Gasteiger partial charge in [-0.1, -0.05) is 79.2 Å². The smallest absolute Gasteiger partial charge is 0.307 e. The van der Waals surface area contributed by atoms with Crippen LogP contribution in [0.4, 0.5) is 5.69 Å². The van der Waals surface area contributed by atoms with E-state index in [9.17, 15) is 9.59 Å². The van der Waals surface area contributed by atoms with Gasteiger partial charge in [0.2, 0.25) is 5.91 Å². The van der Waals surface area contributed by atoms with Crippen LogP contribution in [0.1, 0.15) is 50.5 Å². The highest BCUT2D eigenvalue weighted by Gasteiger charge is 2.39. The molecule has 34 heavy (non-hydrogen) atoms. The number of anilines is 1. The number of ether oxygens (including phenoxy) is 1. The van der Waals surface area contributed by atoms with E-state index in [0.717, 1.165) is 32.1 Å². The second kappa shape index (κ2) is 10.1. The van der Waals surface area contributed by atoms with Gasteiger partial charge in [-0.3, -0.25) is 9.59 Å². The summed E-state index contributed by atoms with van der Waals surface area (Å²) in [5.41, 5.74) is 3.00. The van der Waals surface area contributed by atoms with Crippen LogP contribution >= 0.6 is 27.7 Å². The molecule has 3 aromatic rings. The molecule has 0 radical (unpaired) electrons. The van der Waals surface area contributed by atoms with E-state index in [-0.39, 0.29) is 29.0 Å². The predicted molar refractivity (Wildman–Crippen MR) is 144 cm³/mol. The van der Waals surface area contributed by atoms with Crippen molar-refractivity contribution in [3.05, 3.63) is 76.3 Å². The van der Waals surface area contributed by atoms with Crippen LogP contribution in [0.3, 0.4) is 0 Å². The number of carbonyl (C=O) groups excluding carboxylic acids is 2. The van der Waals surface area contributed by atoms with Gasteiger partial charge in [-0.15, -0.1) is 11.8 Å². The van der Waals surface area contributed by atoms with Gasteiger partial charge in [0, 0.05) is 16.7 Å². The monoisotopic (exact) mass is 539 g/mol. The number of nitrogens with zero attached hydrogens (tertiary/aromatic N) is 1. The Labute approximate surface area is 214 Å². The molecule has 178 valence electrons. The summed E-state index contributed by atoms with van der Waals surface area (Å²) in [5, 5.41) is 1.64. The Morgan fingerprint density at radius 2 is 1.79 bits per heavy atom. The Morgan fingerprint density at radius 1 is 1.06 bits per heavy atom. The molecule has 4 nitrogen and oxygen atoms in total. The first-order chi connectivity index (χ1) is 16.2. The van der Waals surface area contributed by atoms with Crippen LogP contribution < -0.4 is 4.90 Å². The molecular formula is C28H30BrNO3S. The molecule has 0 spiro atoms. The minimum Gasteiger partial charge on any atom is -0.466 e. The average molecular weight is 541 g/mol. The molecule has 2 atom stereocenters. The molecule has 0 aromatic heterocycles. The molecule has 0 N–H and O–H groups in total. The van der Waals surface area contributed by atoms with Crippen molar-refractivity contribution in [1.82, 2.24) is 0 Å². The lowest BCUT2D eigenvalue weighted by Gasteiger charge is -2.31. The number of thioether (sulfide) groups is 1. The van der Waals surface area contributed by atoms with Crippen LogP contribution in [0, 0.1) is 5.41 Å². The van der Waals surface area contributed by atoms with Gasteiger partial charge in [-0.05, 0) is 52.4 Å². The van der Waals surface area contributed by atoms with Crippen molar-refractivity contribution in [2.75, 3.05) is 18.1 Å². The first-order valence-electron chi connectivity index (χ1n) is 11.6. The molecule has 6 heteroatoms. The number of benzene rings is 3. The van der Waals surface area contributed by atoms with Crippen LogP contribution in [0.5, 0.6) is 0 Å². The zero-order valence-electron chi connectivity index (χ0n) is 20.0. The molecule has 1 amide bonds. The van der Waals surface area contributed by atoms with Crippen LogP contribution in [-0.2, 0) is 14.3 Å². The van der Waals surface area contributed by atoms with Gasteiger partial charge in [-0.2, -0.15) is 0 Å². The minimum absolute atomic E-state index is 0.0423. The summed E-state index contributed by atoms with van der Waals surface area (Å²) in [5.74, 6) is -0.382. The fourth-order valence-electron chi connectivity index (χ4n) is 4.43. The van der Waals surface area contributed by atoms with E-state index in [2.05, 4.69) is 73.1 Å². The lowest BCUT2D eigenvalue weighted by Crippen LogP contribution is -2.42. The third kappa shape index (κ3) is 5.33. The molecule has 0 aliphatic carbocycles. The maximum Gasteiger partial charge on any atom is 0.307 e. The second-order valence-electron chi connectivity index (χ2n) is 9.77. The molecule has 0 saturated heterocycles. The van der Waals surface area contributed by atoms with Crippen molar-refractivity contribution < 1.29 is 14.3 Å². The first kappa shape index (κ1) is 24.8. The lowest BCUT2D eigenvalue weighted by atomic mass is 9.93. The molecule has 0 saturated carbocycles. The van der Waals surface area contributed by atoms with E-state index in [1.165, 1.54) is 0 Å². The van der Waals surface area contributed by atoms with Gasteiger partial charge in [-0.25, -0.2) is 0 Å². The highest BCUT2D eigenvalue weighted by atomic mass is 79.9. The molecular weight excluding hydrogens is 510 g/mol. The van der Waals surface area contributed by atoms with Gasteiger partial charge in [0.1, 0.15) is 0 Å². The summed E-state index contributed by atoms with van der Waals surface area (Å²) in [6, 6.07) is 20.7. The zero-order chi connectivity index (χ0) is 24.5. The van der Waals surface area contributed by atoms with E-state index in [0.29, 0.717) is 13.2 Å². The highest BCUT2D eigenvalue weighted by Crippen LogP contribution is 2.49. The van der Waals surface area contributed by atoms with Crippen molar-refractivity contribution in [2.45, 2.75) is 44.6 Å². The normalized spacial score (nSPS) is 18.5. The number of amides is 1. The number of rotatable bonds is 5. The number of halogens is 1. The number of fused-ring (bicyclic) bond motifs is 2. The second-order valence-corrected chi connectivity index (χ2v) is 12.0. The number of carbonyl (C=O) groups is 2. The SMILES string of the molecule is CCOC(=O)C[C@H]1S[C@H](c2cccc3ccccc23)c2cc(Br)ccc2N(CC(C)(C)C)C1=O. The minimum atomic E-state index is -0.545. The summed E-state index contributed by atoms with van der Waals surface area (Å²) < 4.78 is 6.21. The maximum atomic E-state index is 13.9. The number of esters is 1. The number of hydrogen-bond donors (Lipinski definition) is 0. The summed E-state index contributed by atoms with van der Waals surface area (Å²) in [4.78, 5) is 28.3. The van der Waals surface area contributed by atoms with Gasteiger partial charge in [0.15, 0.2) is 0 Å². The van der Waals surface area contributed by atoms with Crippen molar-refractivity contribution in [2.24, 2.45) is 5.41 Å². The Bertz CT molecular complexity index is 1210. The molecule has 0 unspecified atom stereocenters. The Balaban J connectivity index is 1.91. The fraction of sp³-hybridized carbons (Fsp3) is 0.357. The fourth-order valence-corrected chi connectivity index (χ4v) is 6.30. The molecule has 0 bridgehead atoms. The van der Waals surface area contributed by atoms with E-state index < -0.39 is 5.25 Å². The first-order valence-corrected chi connectivity index (χ1v) is 13.3. The van der Waals surface area contributed by atoms with Crippen molar-refractivity contribution in [3.63, 3.8) is 0 Å². The van der Waals surface area contributed by atoms with Crippen LogP contribution in [0.2, 0.25) is 0 Å². The summed E-state index contributed by atoms with van der Waals surface area (Å²) in [6.07, 6.45) is 0.0500. The van der Waals surface area contributed by atoms with Gasteiger partial charge < -0.3 is 9.64 Å². The Hall–Kier alpha value is -2.31. The van der Waals surface area contributed by atoms with Crippen LogP contribution in [0.15, 0.2) is 65.1 Å². The highest BCUT2D eigenvalue weighted by molar-refractivity contribution is 9.10. The van der Waals surface area contributed by atoms with Gasteiger partial charge in [0.25, 0.3) is 0 Å². The molecule has 1 heterocycles. The Morgan fingerprint density at radius 3 is 2.53 bits per heavy atom. The molecule has 1 aliphatic heterocycles. The third-order valence-electron chi connectivity index (χ3n) is 5.80. The summed E-state index contributed by atoms with van der Waals surface area (Å²) >= 11 is 5.20. The molecule has 4 rings (SSSR count). The maximum absolute atomic E-state index is 13.9. The number of hydrogen-bond acceptors (Lipinski definition) is 4. The van der Waals surface area contributed by atoms with Crippen LogP contribution in [-0.4, -0.2) is 30.3 Å². The van der Waals surface area contributed by atoms with E-state index >= 15 is 0 Å². The summed E-state index contributed by atoms with van der Waals surface area (Å²) in [6.45, 7) is 9.02. The van der Waals surface area contributed by atoms with E-state index in [1.807, 2.05) is 29.2 Å². The van der Waals surface area contributed by atoms with Crippen molar-refractivity contribution >= 4 is 56.0 Å². The summed E-state index contributed by atoms with van der Waals surface area (Å²) in [7, 11) is 0. The lowest BCUT2D eigenvalue weighted by molar-refractivity contribution is -0.144. The largest absolute Gasteiger partial charge is 0.466 e. The van der Waals surface area contributed by atoms with Crippen molar-refractivity contribution in [1.29, 1.82) is 0 Å². The standard InChI is InChI=1S/C28H30BrNO3S/c1-5-33-25(31)16-24-27(32)30(17-28(2,3)4)23-14-13-19(29)15-22(23)26(34-24)21-12-8-10-18-9-6-7-11-20(18)21/h6-15,24,26H,5,16-17H2,1-4H3/t24-,26-/m1/s1. The average Bonchev–Trinajstić information content (AvgIpc) is 2.88. The predicted octanol–water partition coefficient (Wildman–Crippen LogP) is 7.14. The topological polar surface area (TPSA) is 46.6 Å². The third-order valence-corrected chi connectivity index (χ3v) is 7.77.